The van der Waals surface area contributed by atoms with Gasteiger partial charge in [-0.25, -0.2) is 4.79 Å². The summed E-state index contributed by atoms with van der Waals surface area (Å²) in [6.07, 6.45) is 0. The fourth-order valence-electron chi connectivity index (χ4n) is 1.70. The number of benzene rings is 1. The van der Waals surface area contributed by atoms with Crippen molar-refractivity contribution < 1.29 is 23.4 Å². The van der Waals surface area contributed by atoms with E-state index in [9.17, 15) is 9.59 Å². The maximum Gasteiger partial charge on any atom is 0.339 e. The molecule has 6 heteroatoms. The molecule has 0 saturated carbocycles. The summed E-state index contributed by atoms with van der Waals surface area (Å²) >= 11 is 0. The van der Waals surface area contributed by atoms with Gasteiger partial charge in [-0.3, -0.25) is 4.79 Å². The molecule has 0 amide bonds. The second-order valence-electron chi connectivity index (χ2n) is 3.73. The van der Waals surface area contributed by atoms with E-state index in [0.717, 1.165) is 6.07 Å². The number of carbonyl (C=O) groups is 1. The number of methoxy groups -OCH3 is 2. The maximum absolute atomic E-state index is 11.4. The summed E-state index contributed by atoms with van der Waals surface area (Å²) in [6, 6.07) is 4.19. The molecule has 0 unspecified atom stereocenters. The largest absolute Gasteiger partial charge is 0.493 e. The van der Waals surface area contributed by atoms with Gasteiger partial charge < -0.3 is 18.6 Å². The lowest BCUT2D eigenvalue weighted by Crippen LogP contribution is -2.06. The number of ether oxygens (including phenoxy) is 3. The third-order valence-corrected chi connectivity index (χ3v) is 2.46. The predicted octanol–water partition coefficient (Wildman–Crippen LogP) is 1.74. The van der Waals surface area contributed by atoms with Gasteiger partial charge in [-0.1, -0.05) is 0 Å². The highest BCUT2D eigenvalue weighted by atomic mass is 16.5. The first-order valence-corrected chi connectivity index (χ1v) is 5.43. The molecule has 0 atom stereocenters. The Bertz CT molecular complexity index is 685. The predicted molar refractivity (Wildman–Crippen MR) is 66.9 cm³/mol. The summed E-state index contributed by atoms with van der Waals surface area (Å²) in [4.78, 5) is 22.4. The van der Waals surface area contributed by atoms with Gasteiger partial charge in [-0.2, -0.15) is 0 Å². The molecule has 2 aromatic rings. The van der Waals surface area contributed by atoms with E-state index >= 15 is 0 Å². The quantitative estimate of drug-likeness (QED) is 0.621. The van der Waals surface area contributed by atoms with Gasteiger partial charge in [0.1, 0.15) is 11.3 Å². The molecule has 0 fully saturated rings. The van der Waals surface area contributed by atoms with Crippen LogP contribution in [0.5, 0.6) is 17.2 Å². The number of esters is 1. The average Bonchev–Trinajstić information content (AvgIpc) is 2.36. The third kappa shape index (κ3) is 2.52. The van der Waals surface area contributed by atoms with Crippen LogP contribution in [0.1, 0.15) is 6.92 Å². The second kappa shape index (κ2) is 5.01. The first-order valence-electron chi connectivity index (χ1n) is 5.43. The van der Waals surface area contributed by atoms with Crippen molar-refractivity contribution in [3.8, 4) is 17.2 Å². The Morgan fingerprint density at radius 1 is 1.05 bits per heavy atom. The van der Waals surface area contributed by atoms with Crippen molar-refractivity contribution in [2.75, 3.05) is 14.2 Å². The normalized spacial score (nSPS) is 10.3. The molecular weight excluding hydrogens is 252 g/mol. The summed E-state index contributed by atoms with van der Waals surface area (Å²) in [6.45, 7) is 1.25. The van der Waals surface area contributed by atoms with Crippen LogP contribution in [-0.2, 0) is 4.79 Å². The first kappa shape index (κ1) is 12.9. The Kier molecular flexibility index (Phi) is 3.41. The fourth-order valence-corrected chi connectivity index (χ4v) is 1.70. The number of hydrogen-bond donors (Lipinski definition) is 0. The molecular formula is C13H12O6. The molecule has 6 nitrogen and oxygen atoms in total. The first-order chi connectivity index (χ1) is 9.05. The van der Waals surface area contributed by atoms with E-state index in [1.54, 1.807) is 6.07 Å². The Morgan fingerprint density at radius 3 is 2.26 bits per heavy atom. The van der Waals surface area contributed by atoms with Gasteiger partial charge in [0.15, 0.2) is 11.5 Å². The lowest BCUT2D eigenvalue weighted by molar-refractivity contribution is -0.131. The Balaban J connectivity index is 2.75. The van der Waals surface area contributed by atoms with Crippen LogP contribution < -0.4 is 19.8 Å². The van der Waals surface area contributed by atoms with Gasteiger partial charge in [0, 0.05) is 13.0 Å². The van der Waals surface area contributed by atoms with Crippen molar-refractivity contribution in [2.45, 2.75) is 6.92 Å². The molecule has 100 valence electrons. The van der Waals surface area contributed by atoms with Gasteiger partial charge in [0.2, 0.25) is 0 Å². The van der Waals surface area contributed by atoms with Crippen LogP contribution in [0, 0.1) is 0 Å². The van der Waals surface area contributed by atoms with Gasteiger partial charge in [0.05, 0.1) is 25.7 Å². The molecule has 0 aliphatic heterocycles. The van der Waals surface area contributed by atoms with Crippen LogP contribution in [0.2, 0.25) is 0 Å². The van der Waals surface area contributed by atoms with Crippen LogP contribution in [0.4, 0.5) is 0 Å². The minimum Gasteiger partial charge on any atom is -0.493 e. The van der Waals surface area contributed by atoms with Crippen molar-refractivity contribution in [3.05, 3.63) is 28.6 Å². The molecule has 1 heterocycles. The molecule has 2 rings (SSSR count). The van der Waals surface area contributed by atoms with Crippen LogP contribution in [0.3, 0.4) is 0 Å². The molecule has 1 aromatic carbocycles. The summed E-state index contributed by atoms with van der Waals surface area (Å²) in [5, 5.41) is 0.451. The van der Waals surface area contributed by atoms with Crippen LogP contribution in [0.25, 0.3) is 11.0 Å². The smallest absolute Gasteiger partial charge is 0.339 e. The van der Waals surface area contributed by atoms with Gasteiger partial charge in [0.25, 0.3) is 0 Å². The standard InChI is InChI=1S/C13H12O6/c1-7(14)18-10-6-13(15)19-9-5-12(17-3)11(16-2)4-8(9)10/h4-6H,1-3H3. The van der Waals surface area contributed by atoms with Crippen molar-refractivity contribution in [3.63, 3.8) is 0 Å². The number of rotatable bonds is 3. The summed E-state index contributed by atoms with van der Waals surface area (Å²) < 4.78 is 20.3. The van der Waals surface area contributed by atoms with E-state index in [-0.39, 0.29) is 11.3 Å². The average molecular weight is 264 g/mol. The van der Waals surface area contributed by atoms with E-state index in [2.05, 4.69) is 0 Å². The molecule has 0 N–H and O–H groups in total. The minimum atomic E-state index is -0.615. The molecule has 19 heavy (non-hydrogen) atoms. The monoisotopic (exact) mass is 264 g/mol. The summed E-state index contributed by atoms with van der Waals surface area (Å²) in [5.41, 5.74) is -0.364. The van der Waals surface area contributed by atoms with Gasteiger partial charge in [-0.05, 0) is 6.07 Å². The van der Waals surface area contributed by atoms with Crippen LogP contribution >= 0.6 is 0 Å². The summed E-state index contributed by atoms with van der Waals surface area (Å²) in [5.74, 6) is 0.455. The van der Waals surface area contributed by atoms with Crippen molar-refractivity contribution in [1.29, 1.82) is 0 Å². The SMILES string of the molecule is COc1cc2oc(=O)cc(OC(C)=O)c2cc1OC. The molecule has 0 radical (unpaired) electrons. The van der Waals surface area contributed by atoms with E-state index in [4.69, 9.17) is 18.6 Å². The number of hydrogen-bond acceptors (Lipinski definition) is 6. The lowest BCUT2D eigenvalue weighted by atomic mass is 10.2. The zero-order valence-corrected chi connectivity index (χ0v) is 10.7. The lowest BCUT2D eigenvalue weighted by Gasteiger charge is -2.10. The van der Waals surface area contributed by atoms with Gasteiger partial charge in [-0.15, -0.1) is 0 Å². The highest BCUT2D eigenvalue weighted by molar-refractivity contribution is 5.88. The number of carbonyl (C=O) groups excluding carboxylic acids is 1. The zero-order chi connectivity index (χ0) is 14.0. The Morgan fingerprint density at radius 2 is 1.68 bits per heavy atom. The van der Waals surface area contributed by atoms with Crippen molar-refractivity contribution in [1.82, 2.24) is 0 Å². The van der Waals surface area contributed by atoms with Gasteiger partial charge >= 0.3 is 11.6 Å². The minimum absolute atomic E-state index is 0.125. The Hall–Kier alpha value is -2.50. The number of fused-ring (bicyclic) bond motifs is 1. The molecule has 0 saturated heterocycles. The zero-order valence-electron chi connectivity index (χ0n) is 10.7. The second-order valence-corrected chi connectivity index (χ2v) is 3.73. The fraction of sp³-hybridized carbons (Fsp3) is 0.231. The molecule has 0 aliphatic rings. The molecule has 0 spiro atoms. The highest BCUT2D eigenvalue weighted by Crippen LogP contribution is 2.35. The van der Waals surface area contributed by atoms with E-state index < -0.39 is 11.6 Å². The topological polar surface area (TPSA) is 75.0 Å². The third-order valence-electron chi connectivity index (χ3n) is 2.46. The Labute approximate surface area is 108 Å². The van der Waals surface area contributed by atoms with E-state index in [1.165, 1.54) is 27.2 Å². The summed E-state index contributed by atoms with van der Waals surface area (Å²) in [7, 11) is 2.95. The van der Waals surface area contributed by atoms with Crippen molar-refractivity contribution >= 4 is 16.9 Å². The van der Waals surface area contributed by atoms with Crippen molar-refractivity contribution in [2.24, 2.45) is 0 Å². The molecule has 0 aliphatic carbocycles. The van der Waals surface area contributed by atoms with E-state index in [1.807, 2.05) is 0 Å². The van der Waals surface area contributed by atoms with Crippen LogP contribution in [-0.4, -0.2) is 20.2 Å². The molecule has 1 aromatic heterocycles. The van der Waals surface area contributed by atoms with Crippen LogP contribution in [0.15, 0.2) is 27.4 Å². The molecule has 0 bridgehead atoms. The highest BCUT2D eigenvalue weighted by Gasteiger charge is 2.14. The van der Waals surface area contributed by atoms with E-state index in [0.29, 0.717) is 16.9 Å². The maximum atomic E-state index is 11.4.